The molecule has 3 N–H and O–H groups in total. The van der Waals surface area contributed by atoms with Gasteiger partial charge >= 0.3 is 6.03 Å². The zero-order valence-corrected chi connectivity index (χ0v) is 13.8. The van der Waals surface area contributed by atoms with Gasteiger partial charge in [0.05, 0.1) is 11.9 Å². The van der Waals surface area contributed by atoms with E-state index >= 15 is 0 Å². The minimum absolute atomic E-state index is 0.294. The SMILES string of the molecule is O=C(Nc1ccccc1)Nc1ccc(NCCc2ccccc2)nc1. The molecule has 0 atom stereocenters. The topological polar surface area (TPSA) is 66.1 Å². The van der Waals surface area contributed by atoms with Crippen LogP contribution in [0.5, 0.6) is 0 Å². The highest BCUT2D eigenvalue weighted by Crippen LogP contribution is 2.11. The molecular weight excluding hydrogens is 312 g/mol. The van der Waals surface area contributed by atoms with E-state index in [1.54, 1.807) is 6.20 Å². The molecule has 5 nitrogen and oxygen atoms in total. The second-order valence-electron chi connectivity index (χ2n) is 5.54. The van der Waals surface area contributed by atoms with E-state index in [0.29, 0.717) is 5.69 Å². The number of amides is 2. The van der Waals surface area contributed by atoms with Gasteiger partial charge in [0.2, 0.25) is 0 Å². The molecule has 5 heteroatoms. The summed E-state index contributed by atoms with van der Waals surface area (Å²) in [5, 5.41) is 8.80. The molecular formula is C20H20N4O. The molecule has 25 heavy (non-hydrogen) atoms. The van der Waals surface area contributed by atoms with E-state index in [0.717, 1.165) is 24.5 Å². The number of pyridine rings is 1. The molecule has 2 aromatic carbocycles. The van der Waals surface area contributed by atoms with Crippen LogP contribution in [0.15, 0.2) is 79.0 Å². The highest BCUT2D eigenvalue weighted by molar-refractivity contribution is 5.99. The van der Waals surface area contributed by atoms with Gasteiger partial charge in [-0.05, 0) is 36.2 Å². The van der Waals surface area contributed by atoms with Crippen LogP contribution in [0.2, 0.25) is 0 Å². The Morgan fingerprint density at radius 2 is 1.48 bits per heavy atom. The van der Waals surface area contributed by atoms with Gasteiger partial charge in [-0.25, -0.2) is 9.78 Å². The quantitative estimate of drug-likeness (QED) is 0.627. The van der Waals surface area contributed by atoms with Crippen LogP contribution < -0.4 is 16.0 Å². The van der Waals surface area contributed by atoms with E-state index in [-0.39, 0.29) is 6.03 Å². The lowest BCUT2D eigenvalue weighted by molar-refractivity contribution is 0.262. The van der Waals surface area contributed by atoms with Crippen molar-refractivity contribution in [2.75, 3.05) is 22.5 Å². The average Bonchev–Trinajstić information content (AvgIpc) is 2.65. The first kappa shape index (κ1) is 16.5. The molecule has 3 aromatic rings. The maximum atomic E-state index is 11.9. The Labute approximate surface area is 147 Å². The molecule has 0 radical (unpaired) electrons. The monoisotopic (exact) mass is 332 g/mol. The summed E-state index contributed by atoms with van der Waals surface area (Å²) in [7, 11) is 0. The summed E-state index contributed by atoms with van der Waals surface area (Å²) in [6.07, 6.45) is 2.57. The van der Waals surface area contributed by atoms with E-state index in [1.807, 2.05) is 60.7 Å². The Balaban J connectivity index is 1.46. The molecule has 0 aliphatic heterocycles. The lowest BCUT2D eigenvalue weighted by Gasteiger charge is -2.09. The summed E-state index contributed by atoms with van der Waals surface area (Å²) in [6, 6.07) is 23.0. The highest BCUT2D eigenvalue weighted by Gasteiger charge is 2.03. The fourth-order valence-electron chi connectivity index (χ4n) is 2.37. The van der Waals surface area contributed by atoms with Gasteiger partial charge in [-0.15, -0.1) is 0 Å². The van der Waals surface area contributed by atoms with Crippen molar-refractivity contribution in [2.45, 2.75) is 6.42 Å². The van der Waals surface area contributed by atoms with Crippen LogP contribution >= 0.6 is 0 Å². The van der Waals surface area contributed by atoms with Crippen LogP contribution in [-0.2, 0) is 6.42 Å². The maximum absolute atomic E-state index is 11.9. The standard InChI is InChI=1S/C20H20N4O/c25-20(23-17-9-5-2-6-10-17)24-18-11-12-19(22-15-18)21-14-13-16-7-3-1-4-8-16/h1-12,15H,13-14H2,(H,21,22)(H2,23,24,25). The molecule has 0 aliphatic rings. The summed E-state index contributed by atoms with van der Waals surface area (Å²) < 4.78 is 0. The second-order valence-corrected chi connectivity index (χ2v) is 5.54. The molecule has 0 saturated carbocycles. The summed E-state index contributed by atoms with van der Waals surface area (Å²) in [5.74, 6) is 0.782. The number of para-hydroxylation sites is 1. The van der Waals surface area contributed by atoms with Crippen molar-refractivity contribution in [1.29, 1.82) is 0 Å². The van der Waals surface area contributed by atoms with E-state index in [1.165, 1.54) is 5.56 Å². The van der Waals surface area contributed by atoms with Crippen LogP contribution in [0.1, 0.15) is 5.56 Å². The van der Waals surface area contributed by atoms with Gasteiger partial charge in [0.15, 0.2) is 0 Å². The predicted molar refractivity (Wildman–Crippen MR) is 102 cm³/mol. The zero-order chi connectivity index (χ0) is 17.3. The van der Waals surface area contributed by atoms with E-state index in [2.05, 4.69) is 33.1 Å². The van der Waals surface area contributed by atoms with Crippen molar-refractivity contribution in [1.82, 2.24) is 4.98 Å². The van der Waals surface area contributed by atoms with Crippen LogP contribution in [0.4, 0.5) is 22.0 Å². The zero-order valence-electron chi connectivity index (χ0n) is 13.8. The van der Waals surface area contributed by atoms with Crippen LogP contribution in [0, 0.1) is 0 Å². The van der Waals surface area contributed by atoms with E-state index in [9.17, 15) is 4.79 Å². The van der Waals surface area contributed by atoms with Crippen molar-refractivity contribution in [2.24, 2.45) is 0 Å². The number of rotatable bonds is 6. The molecule has 0 bridgehead atoms. The number of urea groups is 1. The van der Waals surface area contributed by atoms with Gasteiger partial charge in [-0.1, -0.05) is 48.5 Å². The predicted octanol–water partition coefficient (Wildman–Crippen LogP) is 4.38. The molecule has 0 unspecified atom stereocenters. The number of nitrogens with one attached hydrogen (secondary N) is 3. The molecule has 1 aromatic heterocycles. The smallest absolute Gasteiger partial charge is 0.323 e. The fourth-order valence-corrected chi connectivity index (χ4v) is 2.37. The molecule has 0 aliphatic carbocycles. The Morgan fingerprint density at radius 3 is 2.16 bits per heavy atom. The fraction of sp³-hybridized carbons (Fsp3) is 0.100. The second kappa shape index (κ2) is 8.49. The summed E-state index contributed by atoms with van der Waals surface area (Å²) >= 11 is 0. The van der Waals surface area contributed by atoms with Crippen molar-refractivity contribution in [3.8, 4) is 0 Å². The third-order valence-electron chi connectivity index (χ3n) is 3.62. The third kappa shape index (κ3) is 5.35. The lowest BCUT2D eigenvalue weighted by atomic mass is 10.1. The number of anilines is 3. The Bertz CT molecular complexity index is 789. The normalized spacial score (nSPS) is 10.1. The third-order valence-corrected chi connectivity index (χ3v) is 3.62. The molecule has 0 fully saturated rings. The van der Waals surface area contributed by atoms with E-state index in [4.69, 9.17) is 0 Å². The number of hydrogen-bond acceptors (Lipinski definition) is 3. The Kier molecular flexibility index (Phi) is 5.61. The first-order valence-corrected chi connectivity index (χ1v) is 8.16. The Hall–Kier alpha value is -3.34. The van der Waals surface area contributed by atoms with Gasteiger partial charge in [0, 0.05) is 12.2 Å². The summed E-state index contributed by atoms with van der Waals surface area (Å²) in [6.45, 7) is 0.804. The number of carbonyl (C=O) groups excluding carboxylic acids is 1. The molecule has 126 valence electrons. The summed E-state index contributed by atoms with van der Waals surface area (Å²) in [4.78, 5) is 16.2. The van der Waals surface area contributed by atoms with Gasteiger partial charge in [-0.2, -0.15) is 0 Å². The molecule has 3 rings (SSSR count). The average molecular weight is 332 g/mol. The number of carbonyl (C=O) groups is 1. The van der Waals surface area contributed by atoms with Crippen molar-refractivity contribution >= 4 is 23.2 Å². The van der Waals surface area contributed by atoms with E-state index < -0.39 is 0 Å². The number of aromatic nitrogens is 1. The number of hydrogen-bond donors (Lipinski definition) is 3. The largest absolute Gasteiger partial charge is 0.370 e. The van der Waals surface area contributed by atoms with Gasteiger partial charge in [0.25, 0.3) is 0 Å². The van der Waals surface area contributed by atoms with Crippen molar-refractivity contribution < 1.29 is 4.79 Å². The minimum atomic E-state index is -0.294. The Morgan fingerprint density at radius 1 is 0.800 bits per heavy atom. The highest BCUT2D eigenvalue weighted by atomic mass is 16.2. The number of benzene rings is 2. The summed E-state index contributed by atoms with van der Waals surface area (Å²) in [5.41, 5.74) is 2.67. The molecule has 0 saturated heterocycles. The van der Waals surface area contributed by atoms with Gasteiger partial charge in [0.1, 0.15) is 5.82 Å². The lowest BCUT2D eigenvalue weighted by Crippen LogP contribution is -2.19. The van der Waals surface area contributed by atoms with Crippen molar-refractivity contribution in [3.63, 3.8) is 0 Å². The van der Waals surface area contributed by atoms with Gasteiger partial charge in [-0.3, -0.25) is 0 Å². The van der Waals surface area contributed by atoms with Crippen LogP contribution in [0.3, 0.4) is 0 Å². The maximum Gasteiger partial charge on any atom is 0.323 e. The van der Waals surface area contributed by atoms with Gasteiger partial charge < -0.3 is 16.0 Å². The minimum Gasteiger partial charge on any atom is -0.370 e. The molecule has 1 heterocycles. The molecule has 2 amide bonds. The molecule has 0 spiro atoms. The number of nitrogens with zero attached hydrogens (tertiary/aromatic N) is 1. The van der Waals surface area contributed by atoms with Crippen LogP contribution in [-0.4, -0.2) is 17.6 Å². The first-order valence-electron chi connectivity index (χ1n) is 8.16. The first-order chi connectivity index (χ1) is 12.3. The van der Waals surface area contributed by atoms with Crippen LogP contribution in [0.25, 0.3) is 0 Å². The van der Waals surface area contributed by atoms with Crippen molar-refractivity contribution in [3.05, 3.63) is 84.6 Å².